The highest BCUT2D eigenvalue weighted by atomic mass is 35.5. The van der Waals surface area contributed by atoms with Gasteiger partial charge in [-0.25, -0.2) is 8.78 Å². The first-order valence-electron chi connectivity index (χ1n) is 14.5. The molecule has 5 rings (SSSR count). The van der Waals surface area contributed by atoms with Crippen LogP contribution in [0.5, 0.6) is 0 Å². The normalized spacial score (nSPS) is 24.6. The summed E-state index contributed by atoms with van der Waals surface area (Å²) in [6.45, 7) is 8.79. The molecule has 0 spiro atoms. The van der Waals surface area contributed by atoms with Gasteiger partial charge in [0.2, 0.25) is 11.8 Å². The van der Waals surface area contributed by atoms with E-state index in [0.717, 1.165) is 37.3 Å². The molecular weight excluding hydrogens is 532 g/mol. The van der Waals surface area contributed by atoms with Gasteiger partial charge in [0.1, 0.15) is 11.6 Å². The summed E-state index contributed by atoms with van der Waals surface area (Å²) in [5.41, 5.74) is 1.26. The largest absolute Gasteiger partial charge is 0.341 e. The van der Waals surface area contributed by atoms with E-state index in [0.29, 0.717) is 55.6 Å². The van der Waals surface area contributed by atoms with E-state index in [1.807, 2.05) is 34.1 Å². The summed E-state index contributed by atoms with van der Waals surface area (Å²) in [5, 5.41) is 0.662. The monoisotopic (exact) mass is 571 g/mol. The lowest BCUT2D eigenvalue weighted by Gasteiger charge is -2.38. The van der Waals surface area contributed by atoms with Crippen LogP contribution in [0.25, 0.3) is 0 Å². The van der Waals surface area contributed by atoms with Crippen LogP contribution >= 0.6 is 11.6 Å². The maximum absolute atomic E-state index is 15.0. The maximum Gasteiger partial charge on any atom is 0.227 e. The first-order chi connectivity index (χ1) is 19.0. The summed E-state index contributed by atoms with van der Waals surface area (Å²) < 4.78 is 28.7. The van der Waals surface area contributed by atoms with Gasteiger partial charge in [-0.15, -0.1) is 0 Å². The number of carbonyl (C=O) groups is 2. The third kappa shape index (κ3) is 6.52. The van der Waals surface area contributed by atoms with E-state index in [1.165, 1.54) is 12.1 Å². The fourth-order valence-corrected chi connectivity index (χ4v) is 6.44. The van der Waals surface area contributed by atoms with E-state index in [1.54, 1.807) is 0 Å². The number of likely N-dealkylation sites (tertiary alicyclic amines) is 1. The van der Waals surface area contributed by atoms with Gasteiger partial charge in [0.25, 0.3) is 0 Å². The highest BCUT2D eigenvalue weighted by Gasteiger charge is 2.44. The molecule has 0 radical (unpaired) electrons. The molecule has 2 saturated heterocycles. The van der Waals surface area contributed by atoms with Crippen LogP contribution in [-0.2, 0) is 9.59 Å². The second-order valence-corrected chi connectivity index (χ2v) is 13.2. The number of benzene rings is 2. The van der Waals surface area contributed by atoms with Crippen molar-refractivity contribution in [2.45, 2.75) is 70.4 Å². The molecule has 0 unspecified atom stereocenters. The molecule has 3 fully saturated rings. The highest BCUT2D eigenvalue weighted by Crippen LogP contribution is 2.40. The van der Waals surface area contributed by atoms with E-state index < -0.39 is 17.6 Å². The maximum atomic E-state index is 15.0. The van der Waals surface area contributed by atoms with Crippen LogP contribution in [0.15, 0.2) is 42.5 Å². The number of hydrogen-bond donors (Lipinski definition) is 0. The second-order valence-electron chi connectivity index (χ2n) is 12.7. The molecule has 2 aromatic rings. The predicted octanol–water partition coefficient (Wildman–Crippen LogP) is 6.42. The molecule has 5 nitrogen and oxygen atoms in total. The first-order valence-corrected chi connectivity index (χ1v) is 14.9. The van der Waals surface area contributed by atoms with Gasteiger partial charge in [-0.3, -0.25) is 14.5 Å². The summed E-state index contributed by atoms with van der Waals surface area (Å²) in [6.07, 6.45) is 4.24. The van der Waals surface area contributed by atoms with Crippen LogP contribution in [0, 0.1) is 23.5 Å². The average molecular weight is 572 g/mol. The van der Waals surface area contributed by atoms with Crippen LogP contribution < -0.4 is 0 Å². The molecule has 2 aliphatic heterocycles. The average Bonchev–Trinajstić information content (AvgIpc) is 3.57. The molecule has 2 amide bonds. The Balaban J connectivity index is 1.37. The molecule has 40 heavy (non-hydrogen) atoms. The van der Waals surface area contributed by atoms with Gasteiger partial charge in [0.05, 0.1) is 12.0 Å². The van der Waals surface area contributed by atoms with E-state index in [9.17, 15) is 18.4 Å². The molecule has 2 aromatic carbocycles. The Kier molecular flexibility index (Phi) is 8.53. The Bertz CT molecular complexity index is 1230. The zero-order valence-electron chi connectivity index (χ0n) is 23.7. The van der Waals surface area contributed by atoms with Crippen molar-refractivity contribution in [1.82, 2.24) is 14.7 Å². The quantitative estimate of drug-likeness (QED) is 0.416. The highest BCUT2D eigenvalue weighted by molar-refractivity contribution is 6.30. The van der Waals surface area contributed by atoms with Gasteiger partial charge >= 0.3 is 0 Å². The van der Waals surface area contributed by atoms with Crippen LogP contribution in [0.4, 0.5) is 8.78 Å². The minimum absolute atomic E-state index is 0.0139. The minimum Gasteiger partial charge on any atom is -0.341 e. The number of carbonyl (C=O) groups excluding carboxylic acids is 2. The standard InChI is InChI=1S/C32H40ClF2N3O2/c1-32(2,3)37-19-26(25-13-12-24(34)18-28(25)35)27(20-37)31(40)36-14-4-5-29(22-8-10-23(33)11-9-22)38(16-15-36)30(39)17-21-6-7-21/h8-13,18,21,26-27,29H,4-7,14-17,19-20H2,1-3H3/t26-,27+,29-/m0/s1. The molecule has 3 aliphatic rings. The number of amides is 2. The van der Waals surface area contributed by atoms with Crippen LogP contribution in [0.2, 0.25) is 5.02 Å². The van der Waals surface area contributed by atoms with Crippen molar-refractivity contribution in [2.75, 3.05) is 32.7 Å². The van der Waals surface area contributed by atoms with Crippen LogP contribution in [-0.4, -0.2) is 64.8 Å². The van der Waals surface area contributed by atoms with Gasteiger partial charge in [-0.2, -0.15) is 0 Å². The predicted molar refractivity (Wildman–Crippen MR) is 153 cm³/mol. The van der Waals surface area contributed by atoms with Crippen molar-refractivity contribution in [3.63, 3.8) is 0 Å². The number of nitrogens with zero attached hydrogens (tertiary/aromatic N) is 3. The summed E-state index contributed by atoms with van der Waals surface area (Å²) in [5.74, 6) is -1.44. The van der Waals surface area contributed by atoms with E-state index in [2.05, 4.69) is 25.7 Å². The van der Waals surface area contributed by atoms with Gasteiger partial charge in [0, 0.05) is 61.7 Å². The molecular formula is C32H40ClF2N3O2. The van der Waals surface area contributed by atoms with Crippen LogP contribution in [0.1, 0.15) is 76.0 Å². The Morgan fingerprint density at radius 2 is 1.68 bits per heavy atom. The SMILES string of the molecule is CC(C)(C)N1C[C@@H](C(=O)N2CCC[C@@H](c3ccc(Cl)cc3)N(C(=O)CC3CC3)CC2)[C@H](c2ccc(F)cc2F)C1. The smallest absolute Gasteiger partial charge is 0.227 e. The second kappa shape index (κ2) is 11.8. The van der Waals surface area contributed by atoms with Gasteiger partial charge in [0.15, 0.2) is 0 Å². The fraction of sp³-hybridized carbons (Fsp3) is 0.562. The molecule has 3 atom stereocenters. The van der Waals surface area contributed by atoms with E-state index in [-0.39, 0.29) is 29.3 Å². The summed E-state index contributed by atoms with van der Waals surface area (Å²) in [6, 6.07) is 11.3. The molecule has 0 N–H and O–H groups in total. The van der Waals surface area contributed by atoms with Gasteiger partial charge in [-0.1, -0.05) is 29.8 Å². The molecule has 1 saturated carbocycles. The third-order valence-electron chi connectivity index (χ3n) is 8.89. The summed E-state index contributed by atoms with van der Waals surface area (Å²) in [4.78, 5) is 33.7. The Labute approximate surface area is 241 Å². The number of hydrogen-bond acceptors (Lipinski definition) is 3. The lowest BCUT2D eigenvalue weighted by Crippen LogP contribution is -2.48. The van der Waals surface area contributed by atoms with Crippen molar-refractivity contribution in [2.24, 2.45) is 11.8 Å². The van der Waals surface area contributed by atoms with Crippen molar-refractivity contribution in [3.8, 4) is 0 Å². The fourth-order valence-electron chi connectivity index (χ4n) is 6.32. The number of halogens is 3. The topological polar surface area (TPSA) is 43.9 Å². The zero-order chi connectivity index (χ0) is 28.6. The Morgan fingerprint density at radius 1 is 0.950 bits per heavy atom. The van der Waals surface area contributed by atoms with E-state index >= 15 is 0 Å². The molecule has 216 valence electrons. The minimum atomic E-state index is -0.621. The number of rotatable bonds is 5. The lowest BCUT2D eigenvalue weighted by atomic mass is 9.87. The molecule has 1 aliphatic carbocycles. The molecule has 8 heteroatoms. The Hall–Kier alpha value is -2.51. The van der Waals surface area contributed by atoms with Crippen LogP contribution in [0.3, 0.4) is 0 Å². The lowest BCUT2D eigenvalue weighted by molar-refractivity contribution is -0.140. The van der Waals surface area contributed by atoms with Crippen molar-refractivity contribution in [3.05, 3.63) is 70.2 Å². The van der Waals surface area contributed by atoms with Crippen molar-refractivity contribution in [1.29, 1.82) is 0 Å². The molecule has 2 heterocycles. The van der Waals surface area contributed by atoms with E-state index in [4.69, 9.17) is 11.6 Å². The van der Waals surface area contributed by atoms with Crippen molar-refractivity contribution >= 4 is 23.4 Å². The van der Waals surface area contributed by atoms with Gasteiger partial charge in [-0.05, 0) is 81.7 Å². The Morgan fingerprint density at radius 3 is 2.33 bits per heavy atom. The molecule has 0 aromatic heterocycles. The summed E-state index contributed by atoms with van der Waals surface area (Å²) in [7, 11) is 0. The molecule has 0 bridgehead atoms. The first kappa shape index (κ1) is 29.0. The third-order valence-corrected chi connectivity index (χ3v) is 9.14. The van der Waals surface area contributed by atoms with Crippen molar-refractivity contribution < 1.29 is 18.4 Å². The summed E-state index contributed by atoms with van der Waals surface area (Å²) >= 11 is 6.14. The van der Waals surface area contributed by atoms with Gasteiger partial charge < -0.3 is 9.80 Å². The zero-order valence-corrected chi connectivity index (χ0v) is 24.5.